The van der Waals surface area contributed by atoms with E-state index in [0.717, 1.165) is 32.1 Å². The summed E-state index contributed by atoms with van der Waals surface area (Å²) in [6.45, 7) is 3.30. The van der Waals surface area contributed by atoms with Crippen LogP contribution in [0.1, 0.15) is 64.7 Å². The van der Waals surface area contributed by atoms with E-state index in [2.05, 4.69) is 10.6 Å². The van der Waals surface area contributed by atoms with E-state index >= 15 is 0 Å². The van der Waals surface area contributed by atoms with Gasteiger partial charge in [-0.3, -0.25) is 0 Å². The van der Waals surface area contributed by atoms with Gasteiger partial charge in [0.25, 0.3) is 0 Å². The summed E-state index contributed by atoms with van der Waals surface area (Å²) in [6, 6.07) is -0.0729. The summed E-state index contributed by atoms with van der Waals surface area (Å²) in [5, 5.41) is 15.4. The predicted octanol–water partition coefficient (Wildman–Crippen LogP) is 2.58. The van der Waals surface area contributed by atoms with Crippen LogP contribution in [0, 0.1) is 5.41 Å². The highest BCUT2D eigenvalue weighted by molar-refractivity contribution is 5.74. The number of aliphatic hydroxyl groups is 1. The summed E-state index contributed by atoms with van der Waals surface area (Å²) in [7, 11) is 0. The Balaban J connectivity index is 1.59. The highest BCUT2D eigenvalue weighted by Crippen LogP contribution is 2.37. The lowest BCUT2D eigenvalue weighted by Crippen LogP contribution is -2.49. The van der Waals surface area contributed by atoms with E-state index < -0.39 is 0 Å². The first-order valence-electron chi connectivity index (χ1n) is 8.91. The largest absolute Gasteiger partial charge is 0.396 e. The minimum Gasteiger partial charge on any atom is -0.396 e. The molecule has 2 amide bonds. The van der Waals surface area contributed by atoms with E-state index in [4.69, 9.17) is 4.74 Å². The standard InChI is InChI=1S/C17H32N2O3/c1-17(13-20)10-6-9-15(17)19-16(21)18-11-12-22-14-7-4-2-3-5-8-14/h14-15,20H,2-13H2,1H3,(H2,18,19,21). The smallest absolute Gasteiger partial charge is 0.315 e. The number of carbonyl (C=O) groups excluding carboxylic acids is 1. The molecule has 0 bridgehead atoms. The summed E-state index contributed by atoms with van der Waals surface area (Å²) < 4.78 is 5.86. The van der Waals surface area contributed by atoms with Gasteiger partial charge in [-0.2, -0.15) is 0 Å². The molecule has 0 saturated heterocycles. The lowest BCUT2D eigenvalue weighted by Gasteiger charge is -2.30. The van der Waals surface area contributed by atoms with Gasteiger partial charge < -0.3 is 20.5 Å². The first-order chi connectivity index (χ1) is 10.6. The van der Waals surface area contributed by atoms with Crippen LogP contribution in [-0.2, 0) is 4.74 Å². The number of hydrogen-bond donors (Lipinski definition) is 3. The lowest BCUT2D eigenvalue weighted by atomic mass is 9.86. The van der Waals surface area contributed by atoms with E-state index in [-0.39, 0.29) is 24.1 Å². The zero-order valence-electron chi connectivity index (χ0n) is 13.9. The average Bonchev–Trinajstić information content (AvgIpc) is 2.73. The molecule has 2 saturated carbocycles. The van der Waals surface area contributed by atoms with E-state index in [1.807, 2.05) is 6.92 Å². The van der Waals surface area contributed by atoms with E-state index in [1.165, 1.54) is 25.7 Å². The Labute approximate surface area is 134 Å². The van der Waals surface area contributed by atoms with Gasteiger partial charge in [-0.25, -0.2) is 4.79 Å². The van der Waals surface area contributed by atoms with Gasteiger partial charge in [0.1, 0.15) is 0 Å². The van der Waals surface area contributed by atoms with Crippen LogP contribution in [0.4, 0.5) is 4.79 Å². The molecule has 0 aromatic rings. The van der Waals surface area contributed by atoms with Crippen LogP contribution in [0.25, 0.3) is 0 Å². The first-order valence-corrected chi connectivity index (χ1v) is 8.91. The second-order valence-electron chi connectivity index (χ2n) is 7.14. The molecule has 128 valence electrons. The highest BCUT2D eigenvalue weighted by Gasteiger charge is 2.39. The Morgan fingerprint density at radius 3 is 2.59 bits per heavy atom. The lowest BCUT2D eigenvalue weighted by molar-refractivity contribution is 0.0458. The zero-order chi connectivity index (χ0) is 15.8. The van der Waals surface area contributed by atoms with E-state index in [9.17, 15) is 9.90 Å². The molecule has 2 atom stereocenters. The number of urea groups is 1. The van der Waals surface area contributed by atoms with Crippen LogP contribution in [0.3, 0.4) is 0 Å². The second-order valence-corrected chi connectivity index (χ2v) is 7.14. The van der Waals surface area contributed by atoms with Crippen molar-refractivity contribution in [1.29, 1.82) is 0 Å². The van der Waals surface area contributed by atoms with Crippen LogP contribution in [-0.4, -0.2) is 43.0 Å². The molecule has 0 aromatic carbocycles. The minimum atomic E-state index is -0.172. The molecule has 0 aliphatic heterocycles. The van der Waals surface area contributed by atoms with E-state index in [0.29, 0.717) is 19.3 Å². The molecule has 2 fully saturated rings. The van der Waals surface area contributed by atoms with Crippen molar-refractivity contribution in [3.8, 4) is 0 Å². The monoisotopic (exact) mass is 312 g/mol. The maximum absolute atomic E-state index is 11.9. The summed E-state index contributed by atoms with van der Waals surface area (Å²) in [5.41, 5.74) is -0.172. The van der Waals surface area contributed by atoms with Crippen molar-refractivity contribution in [3.63, 3.8) is 0 Å². The Bertz CT molecular complexity index is 343. The van der Waals surface area contributed by atoms with Crippen LogP contribution in [0.2, 0.25) is 0 Å². The molecule has 5 nitrogen and oxygen atoms in total. The third kappa shape index (κ3) is 5.13. The van der Waals surface area contributed by atoms with Crippen molar-refractivity contribution < 1.29 is 14.6 Å². The number of carbonyl (C=O) groups is 1. The normalized spacial score (nSPS) is 30.0. The maximum Gasteiger partial charge on any atom is 0.315 e. The van der Waals surface area contributed by atoms with Gasteiger partial charge in [0, 0.05) is 18.0 Å². The van der Waals surface area contributed by atoms with Gasteiger partial charge in [-0.15, -0.1) is 0 Å². The SMILES string of the molecule is CC1(CO)CCCC1NC(=O)NCCOC1CCCCCC1. The Morgan fingerprint density at radius 1 is 1.18 bits per heavy atom. The number of amides is 2. The molecule has 2 aliphatic carbocycles. The average molecular weight is 312 g/mol. The van der Waals surface area contributed by atoms with E-state index in [1.54, 1.807) is 0 Å². The molecule has 0 spiro atoms. The number of aliphatic hydroxyl groups excluding tert-OH is 1. The quantitative estimate of drug-likeness (QED) is 0.521. The molecule has 3 N–H and O–H groups in total. The first kappa shape index (κ1) is 17.5. The molecule has 2 unspecified atom stereocenters. The summed E-state index contributed by atoms with van der Waals surface area (Å²) >= 11 is 0. The number of hydrogen-bond acceptors (Lipinski definition) is 3. The van der Waals surface area contributed by atoms with Crippen LogP contribution < -0.4 is 10.6 Å². The number of nitrogens with one attached hydrogen (secondary N) is 2. The number of ether oxygens (including phenoxy) is 1. The fourth-order valence-electron chi connectivity index (χ4n) is 3.68. The van der Waals surface area contributed by atoms with Crippen LogP contribution in [0.15, 0.2) is 0 Å². The number of rotatable bonds is 6. The molecule has 5 heteroatoms. The summed E-state index contributed by atoms with van der Waals surface area (Å²) in [5.74, 6) is 0. The molecular formula is C17H32N2O3. The third-order valence-corrected chi connectivity index (χ3v) is 5.29. The van der Waals surface area contributed by atoms with Crippen LogP contribution in [0.5, 0.6) is 0 Å². The van der Waals surface area contributed by atoms with Crippen LogP contribution >= 0.6 is 0 Å². The molecule has 0 heterocycles. The molecule has 22 heavy (non-hydrogen) atoms. The van der Waals surface area contributed by atoms with Gasteiger partial charge in [-0.05, 0) is 25.7 Å². The fraction of sp³-hybridized carbons (Fsp3) is 0.941. The molecular weight excluding hydrogens is 280 g/mol. The molecule has 2 rings (SSSR count). The third-order valence-electron chi connectivity index (χ3n) is 5.29. The minimum absolute atomic E-state index is 0.0697. The Morgan fingerprint density at radius 2 is 1.91 bits per heavy atom. The highest BCUT2D eigenvalue weighted by atomic mass is 16.5. The predicted molar refractivity (Wildman–Crippen MR) is 86.8 cm³/mol. The van der Waals surface area contributed by atoms with Gasteiger partial charge in [0.2, 0.25) is 0 Å². The van der Waals surface area contributed by atoms with Gasteiger partial charge >= 0.3 is 6.03 Å². The van der Waals surface area contributed by atoms with Gasteiger partial charge in [-0.1, -0.05) is 39.0 Å². The summed E-state index contributed by atoms with van der Waals surface area (Å²) in [4.78, 5) is 11.9. The summed E-state index contributed by atoms with van der Waals surface area (Å²) in [6.07, 6.45) is 10.8. The van der Waals surface area contributed by atoms with Crippen molar-refractivity contribution in [2.24, 2.45) is 5.41 Å². The van der Waals surface area contributed by atoms with Crippen molar-refractivity contribution in [2.45, 2.75) is 76.9 Å². The molecule has 0 aromatic heterocycles. The second kappa shape index (κ2) is 8.73. The van der Waals surface area contributed by atoms with Crippen molar-refractivity contribution in [1.82, 2.24) is 10.6 Å². The van der Waals surface area contributed by atoms with Crippen molar-refractivity contribution >= 4 is 6.03 Å². The molecule has 2 aliphatic rings. The fourth-order valence-corrected chi connectivity index (χ4v) is 3.68. The molecule has 0 radical (unpaired) electrons. The van der Waals surface area contributed by atoms with Crippen molar-refractivity contribution in [2.75, 3.05) is 19.8 Å². The topological polar surface area (TPSA) is 70.6 Å². The maximum atomic E-state index is 11.9. The Kier molecular flexibility index (Phi) is 6.96. The van der Waals surface area contributed by atoms with Gasteiger partial charge in [0.15, 0.2) is 0 Å². The van der Waals surface area contributed by atoms with Gasteiger partial charge in [0.05, 0.1) is 19.3 Å². The van der Waals surface area contributed by atoms with Crippen molar-refractivity contribution in [3.05, 3.63) is 0 Å². The Hall–Kier alpha value is -0.810. The zero-order valence-corrected chi connectivity index (χ0v) is 13.9.